The Balaban J connectivity index is 1.27. The Morgan fingerprint density at radius 3 is 2.48 bits per heavy atom. The second-order valence-electron chi connectivity index (χ2n) is 12.9. The summed E-state index contributed by atoms with van der Waals surface area (Å²) in [6.45, 7) is 2.71. The second-order valence-corrected chi connectivity index (χ2v) is 12.9. The number of hydrogen-bond acceptors (Lipinski definition) is 6. The number of ether oxygens (including phenoxy) is 1. The minimum absolute atomic E-state index is 0.0604. The van der Waals surface area contributed by atoms with E-state index in [0.717, 1.165) is 25.0 Å². The maximum Gasteiger partial charge on any atom is 0.418 e. The van der Waals surface area contributed by atoms with Gasteiger partial charge in [0.25, 0.3) is 5.91 Å². The van der Waals surface area contributed by atoms with Crippen molar-refractivity contribution in [2.45, 2.75) is 95.1 Å². The van der Waals surface area contributed by atoms with Gasteiger partial charge < -0.3 is 24.7 Å². The third-order valence-corrected chi connectivity index (χ3v) is 9.80. The molecule has 0 radical (unpaired) electrons. The van der Waals surface area contributed by atoms with Gasteiger partial charge in [-0.15, -0.1) is 0 Å². The summed E-state index contributed by atoms with van der Waals surface area (Å²) in [4.78, 5) is 45.5. The number of carboxylic acid groups (broad SMARTS) is 1. The average Bonchev–Trinajstić information content (AvgIpc) is 3.46. The zero-order valence-electron chi connectivity index (χ0n) is 26.0. The van der Waals surface area contributed by atoms with Crippen molar-refractivity contribution in [3.8, 4) is 5.75 Å². The van der Waals surface area contributed by atoms with Crippen LogP contribution in [0.25, 0.3) is 0 Å². The van der Waals surface area contributed by atoms with Crippen molar-refractivity contribution in [1.82, 2.24) is 14.8 Å². The topological polar surface area (TPSA) is 120 Å². The molecule has 4 atom stereocenters. The number of amides is 2. The average molecular weight is 646 g/mol. The number of para-hydroxylation sites is 1. The first kappa shape index (κ1) is 33.7. The highest BCUT2D eigenvalue weighted by Gasteiger charge is 2.45. The minimum atomic E-state index is -4.74. The van der Waals surface area contributed by atoms with E-state index >= 15 is 0 Å². The zero-order chi connectivity index (χ0) is 33.1. The van der Waals surface area contributed by atoms with Crippen LogP contribution in [0.1, 0.15) is 92.7 Å². The molecule has 1 aromatic heterocycles. The number of carboxylic acids is 1. The summed E-state index contributed by atoms with van der Waals surface area (Å²) in [6, 6.07) is 8.73. The third-order valence-electron chi connectivity index (χ3n) is 9.80. The van der Waals surface area contributed by atoms with Gasteiger partial charge in [0.15, 0.2) is 0 Å². The molecule has 2 saturated heterocycles. The molecule has 2 amide bonds. The van der Waals surface area contributed by atoms with Crippen molar-refractivity contribution < 1.29 is 42.5 Å². The molecule has 3 aliphatic rings. The van der Waals surface area contributed by atoms with Gasteiger partial charge in [-0.3, -0.25) is 19.4 Å². The smallest absolute Gasteiger partial charge is 0.418 e. The highest BCUT2D eigenvalue weighted by molar-refractivity contribution is 5.95. The lowest BCUT2D eigenvalue weighted by Crippen LogP contribution is -2.55. The molecule has 1 saturated carbocycles. The number of pyridine rings is 1. The molecule has 1 aliphatic carbocycles. The number of carbonyl (C=O) groups is 3. The third kappa shape index (κ3) is 7.32. The summed E-state index contributed by atoms with van der Waals surface area (Å²) in [6.07, 6.45) is 1.19. The number of halogens is 3. The molecule has 250 valence electrons. The van der Waals surface area contributed by atoms with Crippen LogP contribution in [-0.4, -0.2) is 74.6 Å². The number of rotatable bonds is 9. The van der Waals surface area contributed by atoms with Crippen LogP contribution < -0.4 is 4.74 Å². The van der Waals surface area contributed by atoms with E-state index in [2.05, 4.69) is 4.98 Å². The molecule has 12 heteroatoms. The Morgan fingerprint density at radius 2 is 1.78 bits per heavy atom. The summed E-state index contributed by atoms with van der Waals surface area (Å²) in [5, 5.41) is 20.9. The Bertz CT molecular complexity index is 1410. The quantitative estimate of drug-likeness (QED) is 0.362. The van der Waals surface area contributed by atoms with E-state index in [0.29, 0.717) is 43.4 Å². The molecule has 3 heterocycles. The molecule has 4 unspecified atom stereocenters. The van der Waals surface area contributed by atoms with Crippen molar-refractivity contribution >= 4 is 17.8 Å². The van der Waals surface area contributed by atoms with E-state index in [1.54, 1.807) is 4.90 Å². The van der Waals surface area contributed by atoms with Crippen LogP contribution in [-0.2, 0) is 21.4 Å². The maximum atomic E-state index is 14.0. The number of alkyl halides is 3. The van der Waals surface area contributed by atoms with Crippen LogP contribution >= 0.6 is 0 Å². The summed E-state index contributed by atoms with van der Waals surface area (Å²) >= 11 is 0. The molecule has 3 fully saturated rings. The minimum Gasteiger partial charge on any atom is -0.490 e. The van der Waals surface area contributed by atoms with Crippen molar-refractivity contribution in [3.05, 3.63) is 59.4 Å². The van der Waals surface area contributed by atoms with Crippen LogP contribution in [0.2, 0.25) is 0 Å². The van der Waals surface area contributed by atoms with Crippen molar-refractivity contribution in [1.29, 1.82) is 0 Å². The number of carbonyl (C=O) groups excluding carboxylic acids is 2. The number of piperidine rings is 2. The van der Waals surface area contributed by atoms with Gasteiger partial charge in [-0.05, 0) is 75.5 Å². The zero-order valence-corrected chi connectivity index (χ0v) is 26.0. The number of hydrogen-bond donors (Lipinski definition) is 2. The maximum absolute atomic E-state index is 14.0. The van der Waals surface area contributed by atoms with Crippen LogP contribution in [0.4, 0.5) is 13.2 Å². The molecular weight excluding hydrogens is 603 g/mol. The largest absolute Gasteiger partial charge is 0.490 e. The first-order valence-electron chi connectivity index (χ1n) is 16.2. The lowest BCUT2D eigenvalue weighted by atomic mass is 9.81. The summed E-state index contributed by atoms with van der Waals surface area (Å²) in [7, 11) is 0. The summed E-state index contributed by atoms with van der Waals surface area (Å²) < 4.78 is 47.5. The van der Waals surface area contributed by atoms with Crippen LogP contribution in [0.15, 0.2) is 42.6 Å². The Labute approximate surface area is 266 Å². The van der Waals surface area contributed by atoms with Gasteiger partial charge in [0, 0.05) is 43.9 Å². The van der Waals surface area contributed by atoms with Gasteiger partial charge in [-0.25, -0.2) is 0 Å². The molecule has 1 aromatic carbocycles. The summed E-state index contributed by atoms with van der Waals surface area (Å²) in [5.74, 6) is -1.74. The van der Waals surface area contributed by atoms with Gasteiger partial charge >= 0.3 is 12.1 Å². The number of nitrogens with zero attached hydrogens (tertiary/aromatic N) is 3. The molecule has 2 N–H and O–H groups in total. The molecule has 2 aliphatic heterocycles. The number of likely N-dealkylation sites (tertiary alicyclic amines) is 2. The van der Waals surface area contributed by atoms with E-state index in [1.807, 2.05) is 31.2 Å². The van der Waals surface area contributed by atoms with Gasteiger partial charge in [0.2, 0.25) is 5.91 Å². The van der Waals surface area contributed by atoms with Crippen molar-refractivity contribution in [3.63, 3.8) is 0 Å². The van der Waals surface area contributed by atoms with Gasteiger partial charge in [0.05, 0.1) is 23.2 Å². The predicted octanol–water partition coefficient (Wildman–Crippen LogP) is 5.65. The highest BCUT2D eigenvalue weighted by atomic mass is 19.4. The van der Waals surface area contributed by atoms with Crippen LogP contribution in [0.5, 0.6) is 5.75 Å². The Morgan fingerprint density at radius 1 is 1.04 bits per heavy atom. The fraction of sp³-hybridized carbons (Fsp3) is 0.588. The Kier molecular flexibility index (Phi) is 10.2. The first-order valence-corrected chi connectivity index (χ1v) is 16.2. The fourth-order valence-corrected chi connectivity index (χ4v) is 7.49. The number of aliphatic carboxylic acids is 1. The Hall–Kier alpha value is -3.67. The molecule has 0 spiro atoms. The number of benzene rings is 1. The molecule has 0 bridgehead atoms. The lowest BCUT2D eigenvalue weighted by molar-refractivity contribution is -0.144. The van der Waals surface area contributed by atoms with E-state index in [1.165, 1.54) is 11.1 Å². The van der Waals surface area contributed by atoms with E-state index < -0.39 is 46.9 Å². The SMILES string of the molecule is CCCC1C(C(=O)N2CCC(O)(c3ccccc3OC3CCC(CC(=O)O)C3)CC2)CCCN1C(=O)c1ncccc1C(F)(F)F. The van der Waals surface area contributed by atoms with Gasteiger partial charge in [0.1, 0.15) is 11.4 Å². The molecule has 9 nitrogen and oxygen atoms in total. The second kappa shape index (κ2) is 14.0. The van der Waals surface area contributed by atoms with Crippen molar-refractivity contribution in [2.75, 3.05) is 19.6 Å². The van der Waals surface area contributed by atoms with Crippen LogP contribution in [0.3, 0.4) is 0 Å². The highest BCUT2D eigenvalue weighted by Crippen LogP contribution is 2.41. The molecule has 5 rings (SSSR count). The monoisotopic (exact) mass is 645 g/mol. The molecular formula is C34H42F3N3O6. The molecule has 46 heavy (non-hydrogen) atoms. The van der Waals surface area contributed by atoms with Crippen LogP contribution in [0, 0.1) is 11.8 Å². The van der Waals surface area contributed by atoms with Gasteiger partial charge in [-0.1, -0.05) is 31.5 Å². The normalized spacial score (nSPS) is 24.9. The van der Waals surface area contributed by atoms with E-state index in [-0.39, 0.29) is 56.8 Å². The standard InChI is InChI=1S/C34H42F3N3O6/c1-2-7-27-24(8-6-17-40(27)32(44)30-26(34(35,36)37)10-5-16-38-30)31(43)39-18-14-33(45,15-19-39)25-9-3-4-11-28(25)46-23-13-12-22(20-23)21-29(41)42/h3-5,9-11,16,22-24,27,45H,2,6-8,12-15,17-21H2,1H3,(H,41,42). The van der Waals surface area contributed by atoms with E-state index in [4.69, 9.17) is 9.84 Å². The fourth-order valence-electron chi connectivity index (χ4n) is 7.49. The van der Waals surface area contributed by atoms with E-state index in [9.17, 15) is 32.7 Å². The van der Waals surface area contributed by atoms with Gasteiger partial charge in [-0.2, -0.15) is 13.2 Å². The number of aromatic nitrogens is 1. The van der Waals surface area contributed by atoms with Crippen molar-refractivity contribution in [2.24, 2.45) is 11.8 Å². The number of aliphatic hydroxyl groups is 1. The predicted molar refractivity (Wildman–Crippen MR) is 162 cm³/mol. The lowest BCUT2D eigenvalue weighted by Gasteiger charge is -2.45. The molecule has 2 aromatic rings. The first-order chi connectivity index (χ1) is 21.9. The summed E-state index contributed by atoms with van der Waals surface area (Å²) in [5.41, 5.74) is -2.34.